The van der Waals surface area contributed by atoms with Crippen LogP contribution in [0.2, 0.25) is 0 Å². The van der Waals surface area contributed by atoms with Crippen molar-refractivity contribution in [1.82, 2.24) is 0 Å². The zero-order chi connectivity index (χ0) is 6.41. The van der Waals surface area contributed by atoms with Gasteiger partial charge in [-0.3, -0.25) is 0 Å². The van der Waals surface area contributed by atoms with Crippen LogP contribution in [-0.4, -0.2) is 59.0 Å². The summed E-state index contributed by atoms with van der Waals surface area (Å²) in [5, 5.41) is 16.6. The Balaban J connectivity index is 0. The minimum absolute atomic E-state index is 0. The third kappa shape index (κ3) is 8.88. The zero-order valence-electron chi connectivity index (χ0n) is 5.88. The third-order valence-electron chi connectivity index (χ3n) is 1.000. The topological polar surface area (TPSA) is 66.5 Å². The second-order valence-corrected chi connectivity index (χ2v) is 1.78. The maximum Gasteiger partial charge on any atom is 0.0445 e. The van der Waals surface area contributed by atoms with Crippen molar-refractivity contribution in [3.63, 3.8) is 0 Å². The van der Waals surface area contributed by atoms with E-state index in [1.807, 2.05) is 0 Å². The van der Waals surface area contributed by atoms with Gasteiger partial charge in [-0.25, -0.2) is 0 Å². The first kappa shape index (κ1) is 12.5. The van der Waals surface area contributed by atoms with Crippen LogP contribution in [0.3, 0.4) is 0 Å². The van der Waals surface area contributed by atoms with Gasteiger partial charge in [0.1, 0.15) is 0 Å². The van der Waals surface area contributed by atoms with E-state index in [1.54, 1.807) is 0 Å². The van der Waals surface area contributed by atoms with Gasteiger partial charge < -0.3 is 15.9 Å². The van der Waals surface area contributed by atoms with Gasteiger partial charge in [-0.15, -0.1) is 0 Å². The molecular formula is C5H13NNaO2. The van der Waals surface area contributed by atoms with Crippen molar-refractivity contribution in [2.75, 3.05) is 13.2 Å². The molecule has 0 rings (SSSR count). The Hall–Kier alpha value is 0.880. The van der Waals surface area contributed by atoms with Gasteiger partial charge in [0, 0.05) is 48.8 Å². The van der Waals surface area contributed by atoms with E-state index in [9.17, 15) is 0 Å². The molecular weight excluding hydrogens is 129 g/mol. The molecule has 3 nitrogen and oxygen atoms in total. The van der Waals surface area contributed by atoms with Gasteiger partial charge in [0.15, 0.2) is 0 Å². The van der Waals surface area contributed by atoms with Gasteiger partial charge in [-0.1, -0.05) is 0 Å². The van der Waals surface area contributed by atoms with Crippen LogP contribution in [0.1, 0.15) is 12.8 Å². The Morgan fingerprint density at radius 1 is 1.11 bits per heavy atom. The first-order valence-electron chi connectivity index (χ1n) is 2.78. The fraction of sp³-hybridized carbons (Fsp3) is 1.00. The molecule has 0 aromatic rings. The molecule has 0 aliphatic carbocycles. The molecule has 0 unspecified atom stereocenters. The van der Waals surface area contributed by atoms with Crippen molar-refractivity contribution in [3.8, 4) is 0 Å². The Kier molecular flexibility index (Phi) is 12.4. The molecule has 0 saturated heterocycles. The average Bonchev–Trinajstić information content (AvgIpc) is 1.68. The monoisotopic (exact) mass is 142 g/mol. The fourth-order valence-corrected chi connectivity index (χ4v) is 0.476. The van der Waals surface area contributed by atoms with E-state index in [0.717, 1.165) is 0 Å². The van der Waals surface area contributed by atoms with Crippen molar-refractivity contribution < 1.29 is 10.2 Å². The van der Waals surface area contributed by atoms with E-state index < -0.39 is 0 Å². The van der Waals surface area contributed by atoms with Crippen LogP contribution in [0.15, 0.2) is 0 Å². The Labute approximate surface area is 77.5 Å². The number of aliphatic hydroxyl groups excluding tert-OH is 2. The molecule has 0 saturated carbocycles. The molecule has 0 aromatic heterocycles. The summed E-state index contributed by atoms with van der Waals surface area (Å²) in [6.07, 6.45) is 1.17. The van der Waals surface area contributed by atoms with Crippen LogP contribution in [0.25, 0.3) is 0 Å². The summed E-state index contributed by atoms with van der Waals surface area (Å²) in [6, 6.07) is -0.0370. The number of rotatable bonds is 4. The predicted octanol–water partition coefficient (Wildman–Crippen LogP) is -1.30. The van der Waals surface area contributed by atoms with Gasteiger partial charge in [0.05, 0.1) is 0 Å². The van der Waals surface area contributed by atoms with Crippen molar-refractivity contribution in [2.45, 2.75) is 18.9 Å². The van der Waals surface area contributed by atoms with Crippen LogP contribution < -0.4 is 5.73 Å². The van der Waals surface area contributed by atoms with Crippen LogP contribution in [0, 0.1) is 0 Å². The first-order valence-corrected chi connectivity index (χ1v) is 2.78. The smallest absolute Gasteiger partial charge is 0.0445 e. The van der Waals surface area contributed by atoms with Gasteiger partial charge in [0.2, 0.25) is 0 Å². The summed E-state index contributed by atoms with van der Waals surface area (Å²) >= 11 is 0. The second-order valence-electron chi connectivity index (χ2n) is 1.78. The molecule has 0 fully saturated rings. The maximum absolute atomic E-state index is 8.30. The summed E-state index contributed by atoms with van der Waals surface area (Å²) in [5.41, 5.74) is 5.37. The molecule has 4 heteroatoms. The van der Waals surface area contributed by atoms with Crippen molar-refractivity contribution in [1.29, 1.82) is 0 Å². The van der Waals surface area contributed by atoms with Crippen LogP contribution >= 0.6 is 0 Å². The molecule has 0 aliphatic heterocycles. The summed E-state index contributed by atoms with van der Waals surface area (Å²) in [7, 11) is 0. The first-order chi connectivity index (χ1) is 3.81. The molecule has 9 heavy (non-hydrogen) atoms. The Morgan fingerprint density at radius 3 is 1.67 bits per heavy atom. The number of aliphatic hydroxyl groups is 2. The van der Waals surface area contributed by atoms with Crippen molar-refractivity contribution >= 4 is 29.6 Å². The van der Waals surface area contributed by atoms with Crippen molar-refractivity contribution in [2.24, 2.45) is 5.73 Å². The third-order valence-corrected chi connectivity index (χ3v) is 1.000. The summed E-state index contributed by atoms with van der Waals surface area (Å²) < 4.78 is 0. The molecule has 1 radical (unpaired) electrons. The second kappa shape index (κ2) is 8.88. The molecule has 0 heterocycles. The standard InChI is InChI=1S/C5H13NO2.Na/c6-5(1-3-7)2-4-8;/h5,7-8H,1-4,6H2;. The molecule has 0 bridgehead atoms. The van der Waals surface area contributed by atoms with Gasteiger partial charge in [0.25, 0.3) is 0 Å². The molecule has 0 amide bonds. The molecule has 0 aliphatic rings. The summed E-state index contributed by atoms with van der Waals surface area (Å²) in [6.45, 7) is 0.225. The largest absolute Gasteiger partial charge is 0.396 e. The normalized spacial score (nSPS) is 9.33. The van der Waals surface area contributed by atoms with E-state index in [1.165, 1.54) is 0 Å². The fourth-order valence-electron chi connectivity index (χ4n) is 0.476. The van der Waals surface area contributed by atoms with E-state index >= 15 is 0 Å². The van der Waals surface area contributed by atoms with Gasteiger partial charge in [-0.05, 0) is 12.8 Å². The zero-order valence-corrected chi connectivity index (χ0v) is 7.88. The number of nitrogens with two attached hydrogens (primary N) is 1. The Morgan fingerprint density at radius 2 is 1.44 bits per heavy atom. The summed E-state index contributed by atoms with van der Waals surface area (Å²) in [5.74, 6) is 0. The van der Waals surface area contributed by atoms with Gasteiger partial charge >= 0.3 is 0 Å². The number of hydrogen-bond donors (Lipinski definition) is 3. The SMILES string of the molecule is NC(CCO)CCO.[Na]. The molecule has 51 valence electrons. The summed E-state index contributed by atoms with van der Waals surface area (Å²) in [4.78, 5) is 0. The predicted molar refractivity (Wildman–Crippen MR) is 37.1 cm³/mol. The van der Waals surface area contributed by atoms with E-state index in [4.69, 9.17) is 15.9 Å². The maximum atomic E-state index is 8.30. The van der Waals surface area contributed by atoms with E-state index in [-0.39, 0.29) is 48.8 Å². The molecule has 0 spiro atoms. The van der Waals surface area contributed by atoms with Crippen LogP contribution in [0.4, 0.5) is 0 Å². The van der Waals surface area contributed by atoms with Crippen LogP contribution in [0.5, 0.6) is 0 Å². The quantitative estimate of drug-likeness (QED) is 0.427. The molecule has 0 atom stereocenters. The van der Waals surface area contributed by atoms with Crippen molar-refractivity contribution in [3.05, 3.63) is 0 Å². The van der Waals surface area contributed by atoms with Crippen LogP contribution in [-0.2, 0) is 0 Å². The minimum Gasteiger partial charge on any atom is -0.396 e. The van der Waals surface area contributed by atoms with E-state index in [2.05, 4.69) is 0 Å². The van der Waals surface area contributed by atoms with Gasteiger partial charge in [-0.2, -0.15) is 0 Å². The average molecular weight is 142 g/mol. The molecule has 4 N–H and O–H groups in total. The Bertz CT molecular complexity index is 48.2. The number of hydrogen-bond acceptors (Lipinski definition) is 3. The molecule has 0 aromatic carbocycles. The van der Waals surface area contributed by atoms with E-state index in [0.29, 0.717) is 12.8 Å². The minimum atomic E-state index is -0.0370.